The summed E-state index contributed by atoms with van der Waals surface area (Å²) >= 11 is 0. The second kappa shape index (κ2) is 4.50. The number of carbonyl (C=O) groups is 2. The zero-order valence-corrected chi connectivity index (χ0v) is 12.2. The Labute approximate surface area is 114 Å². The molecule has 2 aliphatic carbocycles. The molecule has 0 spiro atoms. The van der Waals surface area contributed by atoms with Gasteiger partial charge in [0.1, 0.15) is 0 Å². The van der Waals surface area contributed by atoms with Crippen molar-refractivity contribution in [2.75, 3.05) is 6.61 Å². The lowest BCUT2D eigenvalue weighted by Gasteiger charge is -2.33. The molecule has 0 saturated heterocycles. The van der Waals surface area contributed by atoms with E-state index in [1.807, 2.05) is 27.7 Å². The molecule has 2 rings (SSSR count). The minimum Gasteiger partial charge on any atom is -0.481 e. The van der Waals surface area contributed by atoms with Crippen LogP contribution in [0.3, 0.4) is 0 Å². The van der Waals surface area contributed by atoms with Crippen molar-refractivity contribution in [2.45, 2.75) is 47.0 Å². The van der Waals surface area contributed by atoms with Crippen LogP contribution in [-0.4, -0.2) is 23.7 Å². The summed E-state index contributed by atoms with van der Waals surface area (Å²) in [5.74, 6) is 0.150. The number of esters is 1. The third kappa shape index (κ3) is 2.49. The van der Waals surface area contributed by atoms with Crippen molar-refractivity contribution >= 4 is 11.9 Å². The maximum Gasteiger partial charge on any atom is 0.311 e. The molecule has 4 heteroatoms. The van der Waals surface area contributed by atoms with Crippen molar-refractivity contribution in [2.24, 2.45) is 28.6 Å². The first-order valence-corrected chi connectivity index (χ1v) is 7.05. The Hall–Kier alpha value is -1.06. The molecular weight excluding hydrogens is 244 g/mol. The number of carboxylic acid groups (broad SMARTS) is 1. The van der Waals surface area contributed by atoms with Gasteiger partial charge in [0, 0.05) is 0 Å². The molecule has 2 saturated carbocycles. The molecule has 2 aliphatic rings. The molecule has 0 aromatic carbocycles. The van der Waals surface area contributed by atoms with Crippen molar-refractivity contribution in [3.8, 4) is 0 Å². The molecule has 2 bridgehead atoms. The van der Waals surface area contributed by atoms with E-state index in [4.69, 9.17) is 4.74 Å². The highest BCUT2D eigenvalue weighted by atomic mass is 16.5. The zero-order chi connectivity index (χ0) is 14.4. The molecule has 0 aromatic rings. The maximum absolute atomic E-state index is 11.7. The van der Waals surface area contributed by atoms with E-state index in [1.165, 1.54) is 0 Å². The third-order valence-electron chi connectivity index (χ3n) is 4.96. The zero-order valence-electron chi connectivity index (χ0n) is 12.2. The monoisotopic (exact) mass is 268 g/mol. The van der Waals surface area contributed by atoms with E-state index >= 15 is 0 Å². The molecule has 0 amide bonds. The van der Waals surface area contributed by atoms with E-state index in [2.05, 4.69) is 0 Å². The summed E-state index contributed by atoms with van der Waals surface area (Å²) in [6.45, 7) is 7.84. The number of aliphatic carboxylic acids is 1. The van der Waals surface area contributed by atoms with Gasteiger partial charge in [-0.05, 0) is 64.7 Å². The summed E-state index contributed by atoms with van der Waals surface area (Å²) in [6.07, 6.45) is 2.58. The second-order valence-corrected chi connectivity index (χ2v) is 7.46. The minimum atomic E-state index is -0.676. The van der Waals surface area contributed by atoms with Gasteiger partial charge in [-0.2, -0.15) is 0 Å². The Morgan fingerprint density at radius 2 is 1.95 bits per heavy atom. The van der Waals surface area contributed by atoms with Gasteiger partial charge in [-0.1, -0.05) is 0 Å². The molecule has 4 nitrogen and oxygen atoms in total. The maximum atomic E-state index is 11.7. The van der Waals surface area contributed by atoms with Gasteiger partial charge >= 0.3 is 11.9 Å². The normalized spacial score (nSPS) is 37.4. The van der Waals surface area contributed by atoms with Crippen LogP contribution in [0.4, 0.5) is 0 Å². The summed E-state index contributed by atoms with van der Waals surface area (Å²) in [4.78, 5) is 23.1. The van der Waals surface area contributed by atoms with Crippen LogP contribution in [0.5, 0.6) is 0 Å². The Balaban J connectivity index is 1.89. The van der Waals surface area contributed by atoms with Gasteiger partial charge in [0.15, 0.2) is 0 Å². The van der Waals surface area contributed by atoms with Gasteiger partial charge in [-0.3, -0.25) is 9.59 Å². The predicted molar refractivity (Wildman–Crippen MR) is 70.5 cm³/mol. The molecule has 2 fully saturated rings. The summed E-state index contributed by atoms with van der Waals surface area (Å²) in [5.41, 5.74) is -1.03. The first kappa shape index (κ1) is 14.4. The molecule has 108 valence electrons. The molecule has 4 unspecified atom stereocenters. The molecule has 0 radical (unpaired) electrons. The smallest absolute Gasteiger partial charge is 0.311 e. The topological polar surface area (TPSA) is 63.6 Å². The van der Waals surface area contributed by atoms with Crippen molar-refractivity contribution in [1.82, 2.24) is 0 Å². The van der Waals surface area contributed by atoms with Crippen LogP contribution in [0.1, 0.15) is 47.0 Å². The lowest BCUT2D eigenvalue weighted by atomic mass is 9.71. The van der Waals surface area contributed by atoms with Gasteiger partial charge in [-0.25, -0.2) is 0 Å². The van der Waals surface area contributed by atoms with Gasteiger partial charge in [0.2, 0.25) is 0 Å². The van der Waals surface area contributed by atoms with Crippen LogP contribution in [0.15, 0.2) is 0 Å². The van der Waals surface area contributed by atoms with Gasteiger partial charge in [0.25, 0.3) is 0 Å². The van der Waals surface area contributed by atoms with E-state index in [-0.39, 0.29) is 11.9 Å². The SMILES string of the molecule is CC(C)(C)C(=O)OCC1CC2CC1CC2(C)C(=O)O. The molecule has 0 aromatic heterocycles. The molecule has 0 aliphatic heterocycles. The van der Waals surface area contributed by atoms with Crippen molar-refractivity contribution < 1.29 is 19.4 Å². The van der Waals surface area contributed by atoms with Gasteiger partial charge < -0.3 is 9.84 Å². The Kier molecular flexibility index (Phi) is 3.40. The first-order chi connectivity index (χ1) is 8.64. The molecule has 4 atom stereocenters. The minimum absolute atomic E-state index is 0.170. The summed E-state index contributed by atoms with van der Waals surface area (Å²) in [5, 5.41) is 9.32. The number of carbonyl (C=O) groups excluding carboxylic acids is 1. The highest BCUT2D eigenvalue weighted by molar-refractivity contribution is 5.76. The van der Waals surface area contributed by atoms with Crippen LogP contribution < -0.4 is 0 Å². The highest BCUT2D eigenvalue weighted by Crippen LogP contribution is 2.58. The van der Waals surface area contributed by atoms with E-state index in [9.17, 15) is 14.7 Å². The number of ether oxygens (including phenoxy) is 1. The van der Waals surface area contributed by atoms with Crippen LogP contribution in [-0.2, 0) is 14.3 Å². The third-order valence-corrected chi connectivity index (χ3v) is 4.96. The predicted octanol–water partition coefficient (Wildman–Crippen LogP) is 2.71. The number of carboxylic acids is 1. The van der Waals surface area contributed by atoms with E-state index < -0.39 is 16.8 Å². The van der Waals surface area contributed by atoms with E-state index in [1.54, 1.807) is 0 Å². The fraction of sp³-hybridized carbons (Fsp3) is 0.867. The average molecular weight is 268 g/mol. The Morgan fingerprint density at radius 3 is 2.37 bits per heavy atom. The average Bonchev–Trinajstić information content (AvgIpc) is 2.81. The van der Waals surface area contributed by atoms with Crippen LogP contribution in [0.2, 0.25) is 0 Å². The van der Waals surface area contributed by atoms with Gasteiger partial charge in [-0.15, -0.1) is 0 Å². The Bertz CT molecular complexity index is 395. The largest absolute Gasteiger partial charge is 0.481 e. The standard InChI is InChI=1S/C15H24O4/c1-14(2,3)13(18)19-8-10-6-11-5-9(10)7-15(11,4)12(16)17/h9-11H,5-8H2,1-4H3,(H,16,17). The summed E-state index contributed by atoms with van der Waals surface area (Å²) in [6, 6.07) is 0. The lowest BCUT2D eigenvalue weighted by molar-refractivity contribution is -0.157. The fourth-order valence-corrected chi connectivity index (χ4v) is 3.56. The van der Waals surface area contributed by atoms with Crippen LogP contribution >= 0.6 is 0 Å². The summed E-state index contributed by atoms with van der Waals surface area (Å²) in [7, 11) is 0. The van der Waals surface area contributed by atoms with E-state index in [0.29, 0.717) is 18.4 Å². The van der Waals surface area contributed by atoms with Crippen LogP contribution in [0, 0.1) is 28.6 Å². The number of fused-ring (bicyclic) bond motifs is 2. The second-order valence-electron chi connectivity index (χ2n) is 7.46. The van der Waals surface area contributed by atoms with Gasteiger partial charge in [0.05, 0.1) is 17.4 Å². The molecule has 19 heavy (non-hydrogen) atoms. The molecular formula is C15H24O4. The molecule has 0 heterocycles. The molecule has 1 N–H and O–H groups in total. The number of hydrogen-bond acceptors (Lipinski definition) is 3. The van der Waals surface area contributed by atoms with E-state index in [0.717, 1.165) is 19.3 Å². The number of hydrogen-bond donors (Lipinski definition) is 1. The lowest BCUT2D eigenvalue weighted by Crippen LogP contribution is -2.37. The highest BCUT2D eigenvalue weighted by Gasteiger charge is 2.56. The summed E-state index contributed by atoms with van der Waals surface area (Å²) < 4.78 is 5.39. The first-order valence-electron chi connectivity index (χ1n) is 7.05. The van der Waals surface area contributed by atoms with Crippen molar-refractivity contribution in [1.29, 1.82) is 0 Å². The number of rotatable bonds is 3. The van der Waals surface area contributed by atoms with Crippen molar-refractivity contribution in [3.05, 3.63) is 0 Å². The van der Waals surface area contributed by atoms with Crippen LogP contribution in [0.25, 0.3) is 0 Å². The Morgan fingerprint density at radius 1 is 1.32 bits per heavy atom. The van der Waals surface area contributed by atoms with Crippen molar-refractivity contribution in [3.63, 3.8) is 0 Å². The quantitative estimate of drug-likeness (QED) is 0.799. The fourth-order valence-electron chi connectivity index (χ4n) is 3.56.